The number of aromatic amines is 1. The van der Waals surface area contributed by atoms with Gasteiger partial charge in [-0.2, -0.15) is 0 Å². The Kier molecular flexibility index (Phi) is 6.67. The first-order chi connectivity index (χ1) is 14.9. The number of aryl methyl sites for hydroxylation is 4. The van der Waals surface area contributed by atoms with Gasteiger partial charge in [-0.3, -0.25) is 9.59 Å². The van der Waals surface area contributed by atoms with Gasteiger partial charge in [-0.25, -0.2) is 4.98 Å². The second-order valence-electron chi connectivity index (χ2n) is 8.03. The third-order valence-corrected chi connectivity index (χ3v) is 7.52. The van der Waals surface area contributed by atoms with Crippen molar-refractivity contribution in [3.05, 3.63) is 55.9 Å². The van der Waals surface area contributed by atoms with Gasteiger partial charge in [-0.05, 0) is 61.9 Å². The average Bonchev–Trinajstić information content (AvgIpc) is 3.27. The average molecular weight is 458 g/mol. The topological polar surface area (TPSA) is 75.3 Å². The van der Waals surface area contributed by atoms with Crippen molar-refractivity contribution in [3.8, 4) is 5.75 Å². The number of nitrogens with zero attached hydrogens (tertiary/aromatic N) is 2. The number of likely N-dealkylation sites (N-methyl/N-ethyl adjacent to an activating group) is 1. The molecule has 8 heteroatoms. The van der Waals surface area contributed by atoms with Crippen LogP contribution in [0.2, 0.25) is 0 Å². The summed E-state index contributed by atoms with van der Waals surface area (Å²) in [7, 11) is 1.78. The van der Waals surface area contributed by atoms with Crippen molar-refractivity contribution in [2.45, 2.75) is 38.9 Å². The normalized spacial score (nSPS) is 12.9. The van der Waals surface area contributed by atoms with Crippen LogP contribution in [0.3, 0.4) is 0 Å². The van der Waals surface area contributed by atoms with E-state index < -0.39 is 0 Å². The molecule has 1 aliphatic rings. The lowest BCUT2D eigenvalue weighted by molar-refractivity contribution is -0.127. The fourth-order valence-electron chi connectivity index (χ4n) is 3.90. The quantitative estimate of drug-likeness (QED) is 0.556. The van der Waals surface area contributed by atoms with Crippen LogP contribution in [0, 0.1) is 13.8 Å². The molecule has 0 saturated heterocycles. The van der Waals surface area contributed by atoms with Crippen LogP contribution in [-0.2, 0) is 23.4 Å². The Labute approximate surface area is 190 Å². The lowest BCUT2D eigenvalue weighted by Crippen LogP contribution is -2.32. The maximum absolute atomic E-state index is 12.5. The van der Waals surface area contributed by atoms with E-state index in [1.165, 1.54) is 22.2 Å². The standard InChI is InChI=1S/C23H27N3O3S2/c1-14-9-15(2)11-16(10-14)29-8-7-26(3)20(27)13-30-12-19-24-22(28)21-17-5-4-6-18(17)31-23(21)25-19/h9-11H,4-8,12-13H2,1-3H3,(H,24,25,28). The number of ether oxygens (including phenoxy) is 1. The van der Waals surface area contributed by atoms with Gasteiger partial charge in [0.1, 0.15) is 23.0 Å². The zero-order valence-electron chi connectivity index (χ0n) is 18.1. The van der Waals surface area contributed by atoms with E-state index >= 15 is 0 Å². The molecule has 0 radical (unpaired) electrons. The smallest absolute Gasteiger partial charge is 0.259 e. The summed E-state index contributed by atoms with van der Waals surface area (Å²) in [5.74, 6) is 2.34. The van der Waals surface area contributed by atoms with E-state index in [4.69, 9.17) is 4.74 Å². The number of rotatable bonds is 8. The molecule has 1 aromatic carbocycles. The third-order valence-electron chi connectivity index (χ3n) is 5.40. The number of aromatic nitrogens is 2. The number of carbonyl (C=O) groups excluding carboxylic acids is 1. The molecule has 0 saturated carbocycles. The Balaban J connectivity index is 1.25. The van der Waals surface area contributed by atoms with Gasteiger partial charge in [0.05, 0.1) is 23.4 Å². The van der Waals surface area contributed by atoms with Gasteiger partial charge in [0.15, 0.2) is 0 Å². The van der Waals surface area contributed by atoms with Crippen molar-refractivity contribution in [1.29, 1.82) is 0 Å². The second-order valence-corrected chi connectivity index (χ2v) is 10.1. The van der Waals surface area contributed by atoms with Crippen LogP contribution in [0.15, 0.2) is 23.0 Å². The van der Waals surface area contributed by atoms with Gasteiger partial charge in [0.2, 0.25) is 5.91 Å². The summed E-state index contributed by atoms with van der Waals surface area (Å²) in [4.78, 5) is 36.3. The Morgan fingerprint density at radius 3 is 2.81 bits per heavy atom. The van der Waals surface area contributed by atoms with Crippen molar-refractivity contribution in [2.24, 2.45) is 0 Å². The maximum Gasteiger partial charge on any atom is 0.259 e. The molecule has 0 fully saturated rings. The van der Waals surface area contributed by atoms with Gasteiger partial charge in [0.25, 0.3) is 5.56 Å². The summed E-state index contributed by atoms with van der Waals surface area (Å²) in [6.07, 6.45) is 3.15. The first-order valence-electron chi connectivity index (χ1n) is 10.5. The minimum Gasteiger partial charge on any atom is -0.492 e. The van der Waals surface area contributed by atoms with Gasteiger partial charge in [-0.1, -0.05) is 6.07 Å². The highest BCUT2D eigenvalue weighted by Gasteiger charge is 2.21. The molecular formula is C23H27N3O3S2. The van der Waals surface area contributed by atoms with Crippen LogP contribution < -0.4 is 10.3 Å². The number of hydrogen-bond acceptors (Lipinski definition) is 6. The Bertz CT molecular complexity index is 1150. The molecule has 1 amide bonds. The number of benzene rings is 1. The van der Waals surface area contributed by atoms with Gasteiger partial charge in [0, 0.05) is 11.9 Å². The number of thioether (sulfide) groups is 1. The van der Waals surface area contributed by atoms with Crippen LogP contribution >= 0.6 is 23.1 Å². The lowest BCUT2D eigenvalue weighted by atomic mass is 10.1. The highest BCUT2D eigenvalue weighted by atomic mass is 32.2. The minimum atomic E-state index is -0.0491. The van der Waals surface area contributed by atoms with Crippen LogP contribution in [0.5, 0.6) is 5.75 Å². The Hall–Kier alpha value is -2.32. The largest absolute Gasteiger partial charge is 0.492 e. The maximum atomic E-state index is 12.5. The van der Waals surface area contributed by atoms with Crippen molar-refractivity contribution in [2.75, 3.05) is 26.0 Å². The first kappa shape index (κ1) is 21.9. The zero-order valence-corrected chi connectivity index (χ0v) is 19.8. The van der Waals surface area contributed by atoms with Crippen molar-refractivity contribution < 1.29 is 9.53 Å². The van der Waals surface area contributed by atoms with Crippen LogP contribution in [-0.4, -0.2) is 46.7 Å². The molecular weight excluding hydrogens is 430 g/mol. The molecule has 2 aromatic heterocycles. The van der Waals surface area contributed by atoms with E-state index in [0.717, 1.165) is 46.4 Å². The summed E-state index contributed by atoms with van der Waals surface area (Å²) < 4.78 is 5.79. The van der Waals surface area contributed by atoms with Crippen molar-refractivity contribution in [1.82, 2.24) is 14.9 Å². The van der Waals surface area contributed by atoms with Crippen LogP contribution in [0.4, 0.5) is 0 Å². The molecule has 1 N–H and O–H groups in total. The number of amides is 1. The zero-order chi connectivity index (χ0) is 22.0. The summed E-state index contributed by atoms with van der Waals surface area (Å²) in [6.45, 7) is 5.05. The Morgan fingerprint density at radius 2 is 2.03 bits per heavy atom. The SMILES string of the molecule is Cc1cc(C)cc(OCCN(C)C(=O)CSCc2nc3sc4c(c3c(=O)[nH]2)CCC4)c1. The van der Waals surface area contributed by atoms with Crippen molar-refractivity contribution in [3.63, 3.8) is 0 Å². The van der Waals surface area contributed by atoms with Crippen molar-refractivity contribution >= 4 is 39.2 Å². The predicted octanol–water partition coefficient (Wildman–Crippen LogP) is 3.86. The molecule has 31 heavy (non-hydrogen) atoms. The molecule has 0 atom stereocenters. The summed E-state index contributed by atoms with van der Waals surface area (Å²) in [5, 5.41) is 0.769. The third kappa shape index (κ3) is 5.13. The van der Waals surface area contributed by atoms with E-state index in [-0.39, 0.29) is 11.5 Å². The summed E-state index contributed by atoms with van der Waals surface area (Å²) in [5.41, 5.74) is 3.46. The fraction of sp³-hybridized carbons (Fsp3) is 0.435. The van der Waals surface area contributed by atoms with Gasteiger partial charge in [-0.15, -0.1) is 23.1 Å². The van der Waals surface area contributed by atoms with E-state index in [9.17, 15) is 9.59 Å². The molecule has 0 aliphatic heterocycles. The second kappa shape index (κ2) is 9.44. The molecule has 0 bridgehead atoms. The number of fused-ring (bicyclic) bond motifs is 3. The molecule has 164 valence electrons. The fourth-order valence-corrected chi connectivity index (χ4v) is 6.01. The van der Waals surface area contributed by atoms with E-state index in [2.05, 4.69) is 16.0 Å². The highest BCUT2D eigenvalue weighted by Crippen LogP contribution is 2.34. The number of carbonyl (C=O) groups is 1. The lowest BCUT2D eigenvalue weighted by Gasteiger charge is -2.17. The minimum absolute atomic E-state index is 0.0348. The number of hydrogen-bond donors (Lipinski definition) is 1. The Morgan fingerprint density at radius 1 is 1.26 bits per heavy atom. The van der Waals surface area contributed by atoms with Gasteiger partial charge < -0.3 is 14.6 Å². The number of nitrogens with one attached hydrogen (secondary N) is 1. The number of H-pyrrole nitrogens is 1. The predicted molar refractivity (Wildman–Crippen MR) is 127 cm³/mol. The summed E-state index contributed by atoms with van der Waals surface area (Å²) in [6, 6.07) is 6.10. The van der Waals surface area contributed by atoms with E-state index in [1.54, 1.807) is 23.3 Å². The molecule has 6 nitrogen and oxygen atoms in total. The van der Waals surface area contributed by atoms with E-state index in [1.807, 2.05) is 26.0 Å². The summed E-state index contributed by atoms with van der Waals surface area (Å²) >= 11 is 3.10. The molecule has 1 aliphatic carbocycles. The van der Waals surface area contributed by atoms with Crippen LogP contribution in [0.25, 0.3) is 10.2 Å². The van der Waals surface area contributed by atoms with Crippen LogP contribution in [0.1, 0.15) is 33.8 Å². The molecule has 2 heterocycles. The highest BCUT2D eigenvalue weighted by molar-refractivity contribution is 7.99. The first-order valence-corrected chi connectivity index (χ1v) is 12.4. The molecule has 0 spiro atoms. The number of thiophene rings is 1. The molecule has 3 aromatic rings. The molecule has 0 unspecified atom stereocenters. The van der Waals surface area contributed by atoms with Gasteiger partial charge >= 0.3 is 0 Å². The molecule has 4 rings (SSSR count). The van der Waals surface area contributed by atoms with E-state index in [0.29, 0.717) is 30.5 Å². The monoisotopic (exact) mass is 457 g/mol.